The molecular formula is C20H28N2O. The number of para-hydroxylation sites is 1. The summed E-state index contributed by atoms with van der Waals surface area (Å²) in [7, 11) is 0. The number of likely N-dealkylation sites (N-methyl/N-ethyl adjacent to an activating group) is 1. The first-order chi connectivity index (χ1) is 11.3. The quantitative estimate of drug-likeness (QED) is 0.735. The molecule has 3 heteroatoms. The van der Waals surface area contributed by atoms with Gasteiger partial charge in [-0.25, -0.2) is 0 Å². The van der Waals surface area contributed by atoms with Crippen LogP contribution in [0, 0.1) is 0 Å². The van der Waals surface area contributed by atoms with Gasteiger partial charge in [0.05, 0.1) is 0 Å². The maximum absolute atomic E-state index is 6.04. The molecule has 0 aliphatic carbocycles. The molecule has 3 nitrogen and oxygen atoms in total. The zero-order valence-electron chi connectivity index (χ0n) is 14.2. The molecule has 0 heterocycles. The van der Waals surface area contributed by atoms with Crippen LogP contribution in [0.3, 0.4) is 0 Å². The van der Waals surface area contributed by atoms with Crippen LogP contribution in [0.15, 0.2) is 54.6 Å². The van der Waals surface area contributed by atoms with Crippen LogP contribution in [0.5, 0.6) is 11.5 Å². The third-order valence-electron chi connectivity index (χ3n) is 4.11. The molecule has 23 heavy (non-hydrogen) atoms. The molecule has 0 fully saturated rings. The van der Waals surface area contributed by atoms with Gasteiger partial charge in [0, 0.05) is 12.6 Å². The predicted octanol–water partition coefficient (Wildman–Crippen LogP) is 4.60. The van der Waals surface area contributed by atoms with E-state index in [1.54, 1.807) is 0 Å². The van der Waals surface area contributed by atoms with Gasteiger partial charge >= 0.3 is 0 Å². The maximum Gasteiger partial charge on any atom is 0.127 e. The summed E-state index contributed by atoms with van der Waals surface area (Å²) in [6, 6.07) is 18.4. The molecule has 1 atom stereocenters. The van der Waals surface area contributed by atoms with E-state index in [1.165, 1.54) is 18.4 Å². The Morgan fingerprint density at radius 1 is 0.957 bits per heavy atom. The van der Waals surface area contributed by atoms with Gasteiger partial charge in [0.2, 0.25) is 0 Å². The second-order valence-corrected chi connectivity index (χ2v) is 5.72. The maximum atomic E-state index is 6.04. The molecule has 0 bridgehead atoms. The minimum atomic E-state index is 0.275. The van der Waals surface area contributed by atoms with Gasteiger partial charge in [-0.3, -0.25) is 4.90 Å². The Morgan fingerprint density at radius 3 is 2.17 bits per heavy atom. The van der Waals surface area contributed by atoms with Gasteiger partial charge < -0.3 is 10.5 Å². The summed E-state index contributed by atoms with van der Waals surface area (Å²) in [5.74, 6) is 1.71. The highest BCUT2D eigenvalue weighted by molar-refractivity contribution is 5.34. The minimum Gasteiger partial charge on any atom is -0.457 e. The van der Waals surface area contributed by atoms with Crippen LogP contribution < -0.4 is 10.5 Å². The lowest BCUT2D eigenvalue weighted by Gasteiger charge is -2.30. The molecule has 2 aromatic carbocycles. The van der Waals surface area contributed by atoms with E-state index in [4.69, 9.17) is 10.5 Å². The van der Waals surface area contributed by atoms with Crippen molar-refractivity contribution >= 4 is 0 Å². The SMILES string of the molecule is CCCCN(CC)C(CN)c1ccc(Oc2ccccc2)cc1. The summed E-state index contributed by atoms with van der Waals surface area (Å²) in [4.78, 5) is 2.45. The zero-order valence-corrected chi connectivity index (χ0v) is 14.2. The average molecular weight is 312 g/mol. The van der Waals surface area contributed by atoms with Crippen LogP contribution in [-0.2, 0) is 0 Å². The van der Waals surface area contributed by atoms with Crippen LogP contribution in [-0.4, -0.2) is 24.5 Å². The van der Waals surface area contributed by atoms with Crippen LogP contribution in [0.25, 0.3) is 0 Å². The van der Waals surface area contributed by atoms with Crippen LogP contribution in [0.2, 0.25) is 0 Å². The fraction of sp³-hybridized carbons (Fsp3) is 0.400. The Morgan fingerprint density at radius 2 is 1.61 bits per heavy atom. The summed E-state index contributed by atoms with van der Waals surface area (Å²) in [5.41, 5.74) is 7.30. The van der Waals surface area contributed by atoms with Gasteiger partial charge in [0.1, 0.15) is 11.5 Å². The zero-order chi connectivity index (χ0) is 16.5. The van der Waals surface area contributed by atoms with Gasteiger partial charge in [-0.05, 0) is 49.3 Å². The topological polar surface area (TPSA) is 38.5 Å². The largest absolute Gasteiger partial charge is 0.457 e. The summed E-state index contributed by atoms with van der Waals surface area (Å²) in [5, 5.41) is 0. The molecule has 0 aliphatic heterocycles. The molecule has 2 N–H and O–H groups in total. The summed E-state index contributed by atoms with van der Waals surface area (Å²) >= 11 is 0. The minimum absolute atomic E-state index is 0.275. The summed E-state index contributed by atoms with van der Waals surface area (Å²) < 4.78 is 5.85. The molecule has 0 amide bonds. The Kier molecular flexibility index (Phi) is 7.11. The third-order valence-corrected chi connectivity index (χ3v) is 4.11. The number of benzene rings is 2. The first-order valence-electron chi connectivity index (χ1n) is 8.55. The molecule has 0 radical (unpaired) electrons. The number of hydrogen-bond acceptors (Lipinski definition) is 3. The van der Waals surface area contributed by atoms with Gasteiger partial charge in [-0.1, -0.05) is 50.6 Å². The van der Waals surface area contributed by atoms with Gasteiger partial charge in [0.25, 0.3) is 0 Å². The van der Waals surface area contributed by atoms with Crippen molar-refractivity contribution in [3.63, 3.8) is 0 Å². The van der Waals surface area contributed by atoms with E-state index in [0.29, 0.717) is 6.54 Å². The molecule has 2 aromatic rings. The van der Waals surface area contributed by atoms with Crippen molar-refractivity contribution < 1.29 is 4.74 Å². The molecule has 1 unspecified atom stereocenters. The van der Waals surface area contributed by atoms with E-state index >= 15 is 0 Å². The van der Waals surface area contributed by atoms with Crippen molar-refractivity contribution in [1.29, 1.82) is 0 Å². The van der Waals surface area contributed by atoms with Crippen molar-refractivity contribution in [1.82, 2.24) is 4.90 Å². The van der Waals surface area contributed by atoms with E-state index in [-0.39, 0.29) is 6.04 Å². The standard InChI is InChI=1S/C20H28N2O/c1-3-5-15-22(4-2)20(16-21)17-11-13-19(14-12-17)23-18-9-7-6-8-10-18/h6-14,20H,3-5,15-16,21H2,1-2H3. The third kappa shape index (κ3) is 5.08. The van der Waals surface area contributed by atoms with Crippen molar-refractivity contribution in [3.8, 4) is 11.5 Å². The Balaban J connectivity index is 2.06. The Labute approximate surface area is 140 Å². The predicted molar refractivity (Wildman–Crippen MR) is 96.9 cm³/mol. The summed E-state index contributed by atoms with van der Waals surface area (Å²) in [6.07, 6.45) is 2.41. The van der Waals surface area contributed by atoms with Crippen LogP contribution >= 0.6 is 0 Å². The molecule has 2 rings (SSSR count). The smallest absolute Gasteiger partial charge is 0.127 e. The fourth-order valence-electron chi connectivity index (χ4n) is 2.77. The molecular weight excluding hydrogens is 284 g/mol. The average Bonchev–Trinajstić information content (AvgIpc) is 2.60. The van der Waals surface area contributed by atoms with Crippen molar-refractivity contribution in [2.45, 2.75) is 32.7 Å². The molecule has 0 saturated heterocycles. The highest BCUT2D eigenvalue weighted by Crippen LogP contribution is 2.25. The molecule has 0 saturated carbocycles. The lowest BCUT2D eigenvalue weighted by molar-refractivity contribution is 0.209. The molecule has 0 aromatic heterocycles. The van der Waals surface area contributed by atoms with Gasteiger partial charge in [-0.15, -0.1) is 0 Å². The van der Waals surface area contributed by atoms with Crippen LogP contribution in [0.1, 0.15) is 38.3 Å². The second kappa shape index (κ2) is 9.33. The van der Waals surface area contributed by atoms with E-state index in [1.807, 2.05) is 42.5 Å². The number of rotatable bonds is 9. The molecule has 124 valence electrons. The van der Waals surface area contributed by atoms with Crippen molar-refractivity contribution in [2.75, 3.05) is 19.6 Å². The number of hydrogen-bond donors (Lipinski definition) is 1. The Hall–Kier alpha value is -1.84. The highest BCUT2D eigenvalue weighted by atomic mass is 16.5. The first-order valence-corrected chi connectivity index (χ1v) is 8.55. The van der Waals surface area contributed by atoms with E-state index in [9.17, 15) is 0 Å². The van der Waals surface area contributed by atoms with Gasteiger partial charge in [0.15, 0.2) is 0 Å². The lowest BCUT2D eigenvalue weighted by Crippen LogP contribution is -2.34. The van der Waals surface area contributed by atoms with E-state index in [2.05, 4.69) is 30.9 Å². The molecule has 0 aliphatic rings. The number of nitrogens with zero attached hydrogens (tertiary/aromatic N) is 1. The van der Waals surface area contributed by atoms with Gasteiger partial charge in [-0.2, -0.15) is 0 Å². The normalized spacial score (nSPS) is 12.3. The van der Waals surface area contributed by atoms with E-state index in [0.717, 1.165) is 24.6 Å². The Bertz CT molecular complexity index is 554. The second-order valence-electron chi connectivity index (χ2n) is 5.72. The monoisotopic (exact) mass is 312 g/mol. The summed E-state index contributed by atoms with van der Waals surface area (Å²) in [6.45, 7) is 7.17. The first kappa shape index (κ1) is 17.5. The fourth-order valence-corrected chi connectivity index (χ4v) is 2.77. The molecule has 0 spiro atoms. The highest BCUT2D eigenvalue weighted by Gasteiger charge is 2.17. The van der Waals surface area contributed by atoms with Crippen molar-refractivity contribution in [3.05, 3.63) is 60.2 Å². The number of nitrogens with two attached hydrogens (primary N) is 1. The lowest BCUT2D eigenvalue weighted by atomic mass is 10.0. The number of unbranched alkanes of at least 4 members (excludes halogenated alkanes) is 1. The van der Waals surface area contributed by atoms with E-state index < -0.39 is 0 Å². The van der Waals surface area contributed by atoms with Crippen molar-refractivity contribution in [2.24, 2.45) is 5.73 Å². The van der Waals surface area contributed by atoms with Crippen LogP contribution in [0.4, 0.5) is 0 Å². The number of ether oxygens (including phenoxy) is 1.